The molecule has 1 heterocycles. The second-order valence-corrected chi connectivity index (χ2v) is 8.36. The van der Waals surface area contributed by atoms with Crippen molar-refractivity contribution in [3.63, 3.8) is 0 Å². The number of Topliss-reactive ketones (excluding diaryl/α,β-unsaturated/α-hetero) is 1. The number of nitrogens with one attached hydrogen (secondary N) is 2. The number of benzene rings is 3. The first-order valence-corrected chi connectivity index (χ1v) is 10.7. The molecule has 0 aromatic heterocycles. The highest BCUT2D eigenvalue weighted by atomic mass is 16.5. The zero-order valence-corrected chi connectivity index (χ0v) is 17.8. The molecule has 0 amide bonds. The number of hydrogen-bond acceptors (Lipinski definition) is 4. The van der Waals surface area contributed by atoms with Crippen molar-refractivity contribution >= 4 is 17.2 Å². The van der Waals surface area contributed by atoms with Crippen molar-refractivity contribution in [1.29, 1.82) is 0 Å². The van der Waals surface area contributed by atoms with E-state index in [0.717, 1.165) is 40.4 Å². The number of ketones is 1. The lowest BCUT2D eigenvalue weighted by molar-refractivity contribution is -0.116. The smallest absolute Gasteiger partial charge is 0.163 e. The first-order valence-electron chi connectivity index (χ1n) is 10.7. The SMILES string of the molecule is COc1cccc([C@@H]2Nc3ccccc3NC3=C2C(=O)C[C@@H](c2ccc(C)cc2)C3)c1. The summed E-state index contributed by atoms with van der Waals surface area (Å²) < 4.78 is 5.45. The lowest BCUT2D eigenvalue weighted by Crippen LogP contribution is -2.26. The summed E-state index contributed by atoms with van der Waals surface area (Å²) in [5.41, 5.74) is 7.29. The van der Waals surface area contributed by atoms with Crippen LogP contribution in [-0.4, -0.2) is 12.9 Å². The Kier molecular flexibility index (Phi) is 4.99. The van der Waals surface area contributed by atoms with Crippen molar-refractivity contribution in [1.82, 2.24) is 0 Å². The monoisotopic (exact) mass is 410 g/mol. The van der Waals surface area contributed by atoms with Crippen LogP contribution >= 0.6 is 0 Å². The summed E-state index contributed by atoms with van der Waals surface area (Å²) >= 11 is 0. The summed E-state index contributed by atoms with van der Waals surface area (Å²) in [5.74, 6) is 1.15. The molecule has 4 heteroatoms. The lowest BCUT2D eigenvalue weighted by Gasteiger charge is -2.30. The lowest BCUT2D eigenvalue weighted by atomic mass is 9.78. The van der Waals surface area contributed by atoms with E-state index in [1.807, 2.05) is 30.3 Å². The summed E-state index contributed by atoms with van der Waals surface area (Å²) in [4.78, 5) is 13.6. The van der Waals surface area contributed by atoms with Crippen molar-refractivity contribution in [2.75, 3.05) is 17.7 Å². The van der Waals surface area contributed by atoms with Crippen LogP contribution in [0.4, 0.5) is 11.4 Å². The molecule has 1 aliphatic heterocycles. The first kappa shape index (κ1) is 19.4. The number of carbonyl (C=O) groups excluding carboxylic acids is 1. The minimum absolute atomic E-state index is 0.176. The number of allylic oxidation sites excluding steroid dienone is 1. The van der Waals surface area contributed by atoms with Crippen LogP contribution < -0.4 is 15.4 Å². The van der Waals surface area contributed by atoms with Gasteiger partial charge in [-0.1, -0.05) is 54.1 Å². The number of fused-ring (bicyclic) bond motifs is 1. The Bertz CT molecular complexity index is 1160. The van der Waals surface area contributed by atoms with Gasteiger partial charge in [-0.25, -0.2) is 0 Å². The van der Waals surface area contributed by atoms with Gasteiger partial charge in [0.1, 0.15) is 5.75 Å². The van der Waals surface area contributed by atoms with Crippen molar-refractivity contribution in [2.45, 2.75) is 31.7 Å². The van der Waals surface area contributed by atoms with Crippen molar-refractivity contribution in [3.05, 3.63) is 101 Å². The molecule has 0 bridgehead atoms. The Morgan fingerprint density at radius 1 is 0.871 bits per heavy atom. The number of methoxy groups -OCH3 is 1. The Morgan fingerprint density at radius 3 is 2.42 bits per heavy atom. The molecule has 0 saturated carbocycles. The Balaban J connectivity index is 1.60. The number of ether oxygens (including phenoxy) is 1. The summed E-state index contributed by atoms with van der Waals surface area (Å²) in [6.45, 7) is 2.09. The van der Waals surface area contributed by atoms with Crippen molar-refractivity contribution in [3.8, 4) is 5.75 Å². The maximum atomic E-state index is 13.6. The Labute approximate surface area is 183 Å². The molecule has 3 aromatic carbocycles. The normalized spacial score (nSPS) is 20.1. The molecule has 2 N–H and O–H groups in total. The molecule has 1 aliphatic carbocycles. The highest BCUT2D eigenvalue weighted by Gasteiger charge is 2.36. The predicted molar refractivity (Wildman–Crippen MR) is 125 cm³/mol. The van der Waals surface area contributed by atoms with Crippen LogP contribution in [0.3, 0.4) is 0 Å². The fourth-order valence-electron chi connectivity index (χ4n) is 4.64. The number of rotatable bonds is 3. The molecular formula is C27H26N2O2. The largest absolute Gasteiger partial charge is 0.497 e. The van der Waals surface area contributed by atoms with Crippen LogP contribution in [-0.2, 0) is 4.79 Å². The van der Waals surface area contributed by atoms with Crippen LogP contribution in [0.5, 0.6) is 5.75 Å². The van der Waals surface area contributed by atoms with Crippen molar-refractivity contribution < 1.29 is 9.53 Å². The van der Waals surface area contributed by atoms with Gasteiger partial charge in [-0.3, -0.25) is 4.79 Å². The summed E-state index contributed by atoms with van der Waals surface area (Å²) in [6.07, 6.45) is 1.32. The highest BCUT2D eigenvalue weighted by Crippen LogP contribution is 2.44. The summed E-state index contributed by atoms with van der Waals surface area (Å²) in [7, 11) is 1.67. The molecule has 5 rings (SSSR count). The third-order valence-corrected chi connectivity index (χ3v) is 6.28. The van der Waals surface area contributed by atoms with Crippen LogP contribution in [0.25, 0.3) is 0 Å². The van der Waals surface area contributed by atoms with E-state index in [1.165, 1.54) is 11.1 Å². The molecule has 0 radical (unpaired) electrons. The average Bonchev–Trinajstić information content (AvgIpc) is 2.96. The topological polar surface area (TPSA) is 50.4 Å². The molecule has 2 atom stereocenters. The van der Waals surface area contributed by atoms with E-state index < -0.39 is 0 Å². The third-order valence-electron chi connectivity index (χ3n) is 6.28. The molecule has 3 aromatic rings. The molecule has 31 heavy (non-hydrogen) atoms. The maximum Gasteiger partial charge on any atom is 0.163 e. The predicted octanol–water partition coefficient (Wildman–Crippen LogP) is 5.98. The van der Waals surface area contributed by atoms with Crippen LogP contribution in [0, 0.1) is 6.92 Å². The van der Waals surface area contributed by atoms with Gasteiger partial charge in [0.25, 0.3) is 0 Å². The quantitative estimate of drug-likeness (QED) is 0.557. The van der Waals surface area contributed by atoms with E-state index in [-0.39, 0.29) is 17.7 Å². The van der Waals surface area contributed by atoms with Gasteiger partial charge < -0.3 is 15.4 Å². The molecule has 4 nitrogen and oxygen atoms in total. The number of carbonyl (C=O) groups is 1. The van der Waals surface area contributed by atoms with Gasteiger partial charge in [-0.2, -0.15) is 0 Å². The second-order valence-electron chi connectivity index (χ2n) is 8.36. The molecular weight excluding hydrogens is 384 g/mol. The zero-order valence-electron chi connectivity index (χ0n) is 17.8. The number of anilines is 2. The minimum Gasteiger partial charge on any atom is -0.497 e. The average molecular weight is 411 g/mol. The second kappa shape index (κ2) is 7.95. The fraction of sp³-hybridized carbons (Fsp3) is 0.222. The van der Waals surface area contributed by atoms with Gasteiger partial charge in [0.15, 0.2) is 5.78 Å². The molecule has 0 unspecified atom stereocenters. The molecule has 2 aliphatic rings. The highest BCUT2D eigenvalue weighted by molar-refractivity contribution is 6.01. The first-order chi connectivity index (χ1) is 15.1. The molecule has 0 spiro atoms. The number of hydrogen-bond donors (Lipinski definition) is 2. The third kappa shape index (κ3) is 3.70. The standard InChI is InChI=1S/C27H26N2O2/c1-17-10-12-18(13-11-17)20-15-24-26(25(30)16-20)27(19-6-5-7-21(14-19)31-2)29-23-9-4-3-8-22(23)28-24/h3-14,20,27-29H,15-16H2,1-2H3/t20-,27-/m0/s1. The van der Waals surface area contributed by atoms with E-state index in [4.69, 9.17) is 4.74 Å². The zero-order chi connectivity index (χ0) is 21.4. The van der Waals surface area contributed by atoms with Gasteiger partial charge in [0.05, 0.1) is 24.5 Å². The number of aryl methyl sites for hydroxylation is 1. The van der Waals surface area contributed by atoms with Crippen LogP contribution in [0.1, 0.15) is 41.5 Å². The van der Waals surface area contributed by atoms with E-state index in [9.17, 15) is 4.79 Å². The molecule has 156 valence electrons. The van der Waals surface area contributed by atoms with E-state index >= 15 is 0 Å². The van der Waals surface area contributed by atoms with E-state index in [1.54, 1.807) is 7.11 Å². The summed E-state index contributed by atoms with van der Waals surface area (Å²) in [6, 6.07) is 24.4. The van der Waals surface area contributed by atoms with Gasteiger partial charge in [-0.05, 0) is 54.7 Å². The summed E-state index contributed by atoms with van der Waals surface area (Å²) in [5, 5.41) is 7.22. The molecule has 0 fully saturated rings. The fourth-order valence-corrected chi connectivity index (χ4v) is 4.64. The number of para-hydroxylation sites is 2. The van der Waals surface area contributed by atoms with Gasteiger partial charge in [0.2, 0.25) is 0 Å². The van der Waals surface area contributed by atoms with E-state index in [2.05, 4.69) is 60.0 Å². The van der Waals surface area contributed by atoms with Crippen LogP contribution in [0.15, 0.2) is 84.1 Å². The van der Waals surface area contributed by atoms with Crippen LogP contribution in [0.2, 0.25) is 0 Å². The molecule has 0 saturated heterocycles. The minimum atomic E-state index is -0.229. The Hall–Kier alpha value is -3.53. The van der Waals surface area contributed by atoms with Gasteiger partial charge >= 0.3 is 0 Å². The van der Waals surface area contributed by atoms with Gasteiger partial charge in [0, 0.05) is 17.7 Å². The van der Waals surface area contributed by atoms with E-state index in [0.29, 0.717) is 6.42 Å². The van der Waals surface area contributed by atoms with Gasteiger partial charge in [-0.15, -0.1) is 0 Å². The maximum absolute atomic E-state index is 13.6. The Morgan fingerprint density at radius 2 is 1.65 bits per heavy atom. The van der Waals surface area contributed by atoms with Crippen molar-refractivity contribution in [2.24, 2.45) is 0 Å².